The van der Waals surface area contributed by atoms with Crippen molar-refractivity contribution >= 4 is 37.6 Å². The second-order valence-corrected chi connectivity index (χ2v) is 7.17. The molecule has 18 heavy (non-hydrogen) atoms. The Hall–Kier alpha value is -0.150. The number of benzene rings is 1. The minimum atomic E-state index is 0.0657. The molecule has 0 bridgehead atoms. The van der Waals surface area contributed by atoms with Gasteiger partial charge in [0.1, 0.15) is 0 Å². The molecule has 0 unspecified atom stereocenters. The molecule has 0 heterocycles. The van der Waals surface area contributed by atoms with Crippen LogP contribution in [0.4, 0.5) is 0 Å². The van der Waals surface area contributed by atoms with Gasteiger partial charge in [-0.05, 0) is 36.5 Å². The van der Waals surface area contributed by atoms with E-state index in [0.717, 1.165) is 20.1 Å². The summed E-state index contributed by atoms with van der Waals surface area (Å²) in [6.07, 6.45) is 0. The van der Waals surface area contributed by atoms with Gasteiger partial charge in [0.15, 0.2) is 5.78 Å². The van der Waals surface area contributed by atoms with Crippen LogP contribution in [0.5, 0.6) is 0 Å². The van der Waals surface area contributed by atoms with Crippen molar-refractivity contribution in [2.24, 2.45) is 17.8 Å². The van der Waals surface area contributed by atoms with Gasteiger partial charge in [-0.25, -0.2) is 0 Å². The molecule has 0 N–H and O–H groups in total. The minimum Gasteiger partial charge on any atom is -0.294 e. The quantitative estimate of drug-likeness (QED) is 0.623. The van der Waals surface area contributed by atoms with Crippen molar-refractivity contribution in [2.75, 3.05) is 0 Å². The highest BCUT2D eigenvalue weighted by Crippen LogP contribution is 2.31. The Bertz CT molecular complexity index is 442. The fourth-order valence-corrected chi connectivity index (χ4v) is 3.39. The highest BCUT2D eigenvalue weighted by molar-refractivity contribution is 9.11. The third-order valence-corrected chi connectivity index (χ3v) is 4.76. The second-order valence-electron chi connectivity index (χ2n) is 5.46. The number of carbonyl (C=O) groups is 1. The first-order chi connectivity index (χ1) is 8.25. The first-order valence-corrected chi connectivity index (χ1v) is 7.84. The molecule has 0 aliphatic rings. The maximum absolute atomic E-state index is 12.7. The highest BCUT2D eigenvalue weighted by atomic mass is 79.9. The molecular weight excluding hydrogens is 356 g/mol. The Morgan fingerprint density at radius 2 is 1.50 bits per heavy atom. The van der Waals surface area contributed by atoms with Crippen LogP contribution in [0, 0.1) is 24.7 Å². The molecule has 0 radical (unpaired) electrons. The zero-order chi connectivity index (χ0) is 14.0. The SMILES string of the molecule is Cc1cc(Br)c(C(=O)C(C(C)C)C(C)C)cc1Br. The smallest absolute Gasteiger partial charge is 0.167 e. The first kappa shape index (κ1) is 15.9. The van der Waals surface area contributed by atoms with Gasteiger partial charge in [-0.1, -0.05) is 59.6 Å². The van der Waals surface area contributed by atoms with Gasteiger partial charge >= 0.3 is 0 Å². The van der Waals surface area contributed by atoms with Gasteiger partial charge in [-0.2, -0.15) is 0 Å². The van der Waals surface area contributed by atoms with Crippen molar-refractivity contribution in [3.8, 4) is 0 Å². The van der Waals surface area contributed by atoms with Gasteiger partial charge in [0.05, 0.1) is 0 Å². The number of rotatable bonds is 4. The molecule has 1 rings (SSSR count). The summed E-state index contributed by atoms with van der Waals surface area (Å²) in [4.78, 5) is 12.7. The van der Waals surface area contributed by atoms with Crippen molar-refractivity contribution in [3.05, 3.63) is 32.2 Å². The largest absolute Gasteiger partial charge is 0.294 e. The van der Waals surface area contributed by atoms with Crippen LogP contribution in [0.1, 0.15) is 43.6 Å². The van der Waals surface area contributed by atoms with E-state index in [1.807, 2.05) is 19.1 Å². The van der Waals surface area contributed by atoms with Crippen LogP contribution in [0.15, 0.2) is 21.1 Å². The summed E-state index contributed by atoms with van der Waals surface area (Å²) in [5.41, 5.74) is 1.91. The average molecular weight is 376 g/mol. The summed E-state index contributed by atoms with van der Waals surface area (Å²) >= 11 is 7.01. The zero-order valence-corrected chi connectivity index (χ0v) is 14.7. The van der Waals surface area contributed by atoms with Crippen LogP contribution in [-0.2, 0) is 0 Å². The molecule has 0 aliphatic heterocycles. The second kappa shape index (κ2) is 6.33. The van der Waals surface area contributed by atoms with Crippen molar-refractivity contribution < 1.29 is 4.79 Å². The molecule has 0 saturated heterocycles. The van der Waals surface area contributed by atoms with E-state index in [0.29, 0.717) is 11.8 Å². The predicted octanol–water partition coefficient (Wildman–Crippen LogP) is 5.63. The maximum atomic E-state index is 12.7. The Morgan fingerprint density at radius 3 is 1.94 bits per heavy atom. The number of carbonyl (C=O) groups excluding carboxylic acids is 1. The summed E-state index contributed by atoms with van der Waals surface area (Å²) < 4.78 is 1.87. The van der Waals surface area contributed by atoms with Crippen LogP contribution in [0.25, 0.3) is 0 Å². The van der Waals surface area contributed by atoms with E-state index in [2.05, 4.69) is 59.6 Å². The fraction of sp³-hybridized carbons (Fsp3) is 0.533. The number of hydrogen-bond acceptors (Lipinski definition) is 1. The van der Waals surface area contributed by atoms with Crippen LogP contribution < -0.4 is 0 Å². The van der Waals surface area contributed by atoms with Crippen molar-refractivity contribution in [2.45, 2.75) is 34.6 Å². The van der Waals surface area contributed by atoms with Gasteiger partial charge < -0.3 is 0 Å². The normalized spacial score (nSPS) is 11.7. The van der Waals surface area contributed by atoms with Crippen LogP contribution >= 0.6 is 31.9 Å². The Labute approximate surface area is 127 Å². The Morgan fingerprint density at radius 1 is 1.00 bits per heavy atom. The highest BCUT2D eigenvalue weighted by Gasteiger charge is 2.28. The van der Waals surface area contributed by atoms with Gasteiger partial charge in [0, 0.05) is 20.4 Å². The Balaban J connectivity index is 3.21. The van der Waals surface area contributed by atoms with Crippen molar-refractivity contribution in [3.63, 3.8) is 0 Å². The van der Waals surface area contributed by atoms with E-state index < -0.39 is 0 Å². The lowest BCUT2D eigenvalue weighted by Gasteiger charge is -2.24. The lowest BCUT2D eigenvalue weighted by atomic mass is 9.80. The minimum absolute atomic E-state index is 0.0657. The predicted molar refractivity (Wildman–Crippen MR) is 84.1 cm³/mol. The number of ketones is 1. The summed E-state index contributed by atoms with van der Waals surface area (Å²) in [5.74, 6) is 0.998. The molecule has 100 valence electrons. The third-order valence-electron chi connectivity index (χ3n) is 3.25. The molecule has 0 atom stereocenters. The number of halogens is 2. The van der Waals surface area contributed by atoms with Gasteiger partial charge in [-0.15, -0.1) is 0 Å². The molecule has 0 fully saturated rings. The fourth-order valence-electron chi connectivity index (χ4n) is 2.39. The molecule has 0 aliphatic carbocycles. The monoisotopic (exact) mass is 374 g/mol. The van der Waals surface area contributed by atoms with Crippen LogP contribution in [0.3, 0.4) is 0 Å². The van der Waals surface area contributed by atoms with E-state index in [-0.39, 0.29) is 11.7 Å². The number of hydrogen-bond donors (Lipinski definition) is 0. The molecule has 1 aromatic carbocycles. The summed E-state index contributed by atoms with van der Waals surface area (Å²) in [5, 5.41) is 0. The molecule has 0 amide bonds. The van der Waals surface area contributed by atoms with Crippen molar-refractivity contribution in [1.82, 2.24) is 0 Å². The lowest BCUT2D eigenvalue weighted by molar-refractivity contribution is 0.0839. The van der Waals surface area contributed by atoms with E-state index in [9.17, 15) is 4.79 Å². The number of aryl methyl sites for hydroxylation is 1. The standard InChI is InChI=1S/C15H20Br2O/c1-8(2)14(9(3)4)15(18)11-7-12(16)10(5)6-13(11)17/h6-9,14H,1-5H3. The molecule has 1 aromatic rings. The number of Topliss-reactive ketones (excluding diaryl/α,β-unsaturated/α-hetero) is 1. The molecule has 0 aromatic heterocycles. The molecule has 3 heteroatoms. The van der Waals surface area contributed by atoms with Gasteiger partial charge in [0.2, 0.25) is 0 Å². The average Bonchev–Trinajstić information content (AvgIpc) is 2.22. The topological polar surface area (TPSA) is 17.1 Å². The zero-order valence-electron chi connectivity index (χ0n) is 11.6. The van der Waals surface area contributed by atoms with E-state index >= 15 is 0 Å². The molecule has 1 nitrogen and oxygen atoms in total. The molecular formula is C15H20Br2O. The van der Waals surface area contributed by atoms with Gasteiger partial charge in [0.25, 0.3) is 0 Å². The van der Waals surface area contributed by atoms with Crippen molar-refractivity contribution in [1.29, 1.82) is 0 Å². The van der Waals surface area contributed by atoms with E-state index in [1.54, 1.807) is 0 Å². The lowest BCUT2D eigenvalue weighted by Crippen LogP contribution is -2.26. The molecule has 0 saturated carbocycles. The van der Waals surface area contributed by atoms with Gasteiger partial charge in [-0.3, -0.25) is 4.79 Å². The maximum Gasteiger partial charge on any atom is 0.167 e. The summed E-state index contributed by atoms with van der Waals surface area (Å²) in [6.45, 7) is 10.5. The third kappa shape index (κ3) is 3.45. The Kier molecular flexibility index (Phi) is 5.60. The summed E-state index contributed by atoms with van der Waals surface area (Å²) in [6, 6.07) is 3.93. The van der Waals surface area contributed by atoms with E-state index in [1.165, 1.54) is 0 Å². The van der Waals surface area contributed by atoms with Crippen LogP contribution in [0.2, 0.25) is 0 Å². The molecule has 0 spiro atoms. The first-order valence-electron chi connectivity index (χ1n) is 6.25. The van der Waals surface area contributed by atoms with E-state index in [4.69, 9.17) is 0 Å². The summed E-state index contributed by atoms with van der Waals surface area (Å²) in [7, 11) is 0. The van der Waals surface area contributed by atoms with Crippen LogP contribution in [-0.4, -0.2) is 5.78 Å².